The van der Waals surface area contributed by atoms with Crippen LogP contribution in [0.3, 0.4) is 0 Å². The molecule has 27 heavy (non-hydrogen) atoms. The molecule has 4 saturated carbocycles. The quantitative estimate of drug-likeness (QED) is 0.788. The summed E-state index contributed by atoms with van der Waals surface area (Å²) in [6.07, 6.45) is 6.69. The lowest BCUT2D eigenvalue weighted by molar-refractivity contribution is -0.122. The van der Waals surface area contributed by atoms with Gasteiger partial charge in [0, 0.05) is 11.6 Å². The number of rotatable bonds is 5. The van der Waals surface area contributed by atoms with Crippen LogP contribution < -0.4 is 5.32 Å². The third-order valence-corrected chi connectivity index (χ3v) is 7.40. The van der Waals surface area contributed by atoms with Crippen LogP contribution >= 0.6 is 11.8 Å². The standard InChI is InChI=1S/C21H25N3O2S/c1-12-2-4-15(5-3-12)20-23-24-21(26-20)27-11-18(25)22-19-16-7-13-6-14(9-16)10-17(19)8-13/h2-5,13-14,16-17,19H,6-11H2,1H3,(H,22,25). The molecule has 4 aliphatic carbocycles. The van der Waals surface area contributed by atoms with Gasteiger partial charge in [-0.1, -0.05) is 29.5 Å². The minimum Gasteiger partial charge on any atom is -0.411 e. The van der Waals surface area contributed by atoms with Gasteiger partial charge in [0.1, 0.15) is 0 Å². The van der Waals surface area contributed by atoms with Crippen molar-refractivity contribution in [3.63, 3.8) is 0 Å². The molecular weight excluding hydrogens is 358 g/mol. The average molecular weight is 384 g/mol. The third kappa shape index (κ3) is 3.51. The Bertz CT molecular complexity index is 804. The highest BCUT2D eigenvalue weighted by molar-refractivity contribution is 7.99. The largest absolute Gasteiger partial charge is 0.411 e. The van der Waals surface area contributed by atoms with Gasteiger partial charge < -0.3 is 9.73 Å². The van der Waals surface area contributed by atoms with Crippen molar-refractivity contribution in [1.82, 2.24) is 15.5 Å². The zero-order valence-electron chi connectivity index (χ0n) is 15.6. The molecule has 6 heteroatoms. The Kier molecular flexibility index (Phi) is 4.46. The number of carbonyl (C=O) groups is 1. The summed E-state index contributed by atoms with van der Waals surface area (Å²) in [7, 11) is 0. The normalized spacial score (nSPS) is 31.2. The Morgan fingerprint density at radius 1 is 1.07 bits per heavy atom. The Morgan fingerprint density at radius 3 is 2.41 bits per heavy atom. The minimum atomic E-state index is 0.0903. The van der Waals surface area contributed by atoms with E-state index >= 15 is 0 Å². The summed E-state index contributed by atoms with van der Waals surface area (Å²) < 4.78 is 5.71. The SMILES string of the molecule is Cc1ccc(-c2nnc(SCC(=O)NC3C4CC5CC(C4)CC3C5)o2)cc1. The fourth-order valence-electron chi connectivity index (χ4n) is 5.60. The van der Waals surface area contributed by atoms with Crippen molar-refractivity contribution in [2.24, 2.45) is 23.7 Å². The van der Waals surface area contributed by atoms with E-state index < -0.39 is 0 Å². The lowest BCUT2D eigenvalue weighted by Gasteiger charge is -2.54. The molecular formula is C21H25N3O2S. The molecule has 142 valence electrons. The summed E-state index contributed by atoms with van der Waals surface area (Å²) in [6.45, 7) is 2.04. The Morgan fingerprint density at radius 2 is 1.74 bits per heavy atom. The highest BCUT2D eigenvalue weighted by Crippen LogP contribution is 2.53. The van der Waals surface area contributed by atoms with Gasteiger partial charge in [-0.15, -0.1) is 10.2 Å². The van der Waals surface area contributed by atoms with E-state index in [9.17, 15) is 4.79 Å². The van der Waals surface area contributed by atoms with Crippen LogP contribution in [-0.4, -0.2) is 27.9 Å². The van der Waals surface area contributed by atoms with Gasteiger partial charge in [0.05, 0.1) is 5.75 Å². The average Bonchev–Trinajstić information content (AvgIpc) is 3.12. The van der Waals surface area contributed by atoms with E-state index in [1.807, 2.05) is 31.2 Å². The summed E-state index contributed by atoms with van der Waals surface area (Å²) in [6, 6.07) is 8.36. The number of aryl methyl sites for hydroxylation is 1. The summed E-state index contributed by atoms with van der Waals surface area (Å²) in [5.41, 5.74) is 2.09. The first-order valence-corrected chi connectivity index (χ1v) is 11.0. The molecule has 0 spiro atoms. The van der Waals surface area contributed by atoms with E-state index in [0.717, 1.165) is 17.4 Å². The molecule has 1 aromatic carbocycles. The van der Waals surface area contributed by atoms with Gasteiger partial charge in [0.15, 0.2) is 0 Å². The number of benzene rings is 1. The van der Waals surface area contributed by atoms with Gasteiger partial charge in [-0.2, -0.15) is 0 Å². The highest BCUT2D eigenvalue weighted by Gasteiger charge is 2.48. The van der Waals surface area contributed by atoms with E-state index in [1.54, 1.807) is 0 Å². The zero-order chi connectivity index (χ0) is 18.4. The minimum absolute atomic E-state index is 0.0903. The van der Waals surface area contributed by atoms with Crippen molar-refractivity contribution in [3.8, 4) is 11.5 Å². The number of amides is 1. The Balaban J connectivity index is 1.16. The van der Waals surface area contributed by atoms with Gasteiger partial charge in [0.25, 0.3) is 5.22 Å². The molecule has 4 fully saturated rings. The van der Waals surface area contributed by atoms with E-state index in [1.165, 1.54) is 49.4 Å². The molecule has 2 aromatic rings. The predicted molar refractivity (Wildman–Crippen MR) is 104 cm³/mol. The molecule has 6 rings (SSSR count). The molecule has 1 N–H and O–H groups in total. The summed E-state index contributed by atoms with van der Waals surface area (Å²) >= 11 is 1.32. The smallest absolute Gasteiger partial charge is 0.277 e. The number of hydrogen-bond donors (Lipinski definition) is 1. The van der Waals surface area contributed by atoms with Gasteiger partial charge in [-0.25, -0.2) is 0 Å². The van der Waals surface area contributed by atoms with E-state index in [0.29, 0.717) is 34.7 Å². The van der Waals surface area contributed by atoms with Crippen LogP contribution in [0.2, 0.25) is 0 Å². The maximum absolute atomic E-state index is 12.5. The Hall–Kier alpha value is -1.82. The summed E-state index contributed by atoms with van der Waals surface area (Å²) in [5.74, 6) is 4.17. The van der Waals surface area contributed by atoms with Gasteiger partial charge in [-0.05, 0) is 74.8 Å². The fourth-order valence-corrected chi connectivity index (χ4v) is 6.17. The van der Waals surface area contributed by atoms with E-state index in [4.69, 9.17) is 4.42 Å². The van der Waals surface area contributed by atoms with Crippen molar-refractivity contribution < 1.29 is 9.21 Å². The maximum atomic E-state index is 12.5. The van der Waals surface area contributed by atoms with Crippen LogP contribution in [0.1, 0.15) is 37.7 Å². The second-order valence-corrected chi connectivity index (χ2v) is 9.48. The zero-order valence-corrected chi connectivity index (χ0v) is 16.4. The van der Waals surface area contributed by atoms with Gasteiger partial charge in [0.2, 0.25) is 11.8 Å². The molecule has 0 aliphatic heterocycles. The van der Waals surface area contributed by atoms with Gasteiger partial charge in [-0.3, -0.25) is 4.79 Å². The van der Waals surface area contributed by atoms with Crippen molar-refractivity contribution in [3.05, 3.63) is 29.8 Å². The first-order chi connectivity index (χ1) is 13.1. The van der Waals surface area contributed by atoms with Crippen molar-refractivity contribution in [1.29, 1.82) is 0 Å². The molecule has 0 unspecified atom stereocenters. The summed E-state index contributed by atoms with van der Waals surface area (Å²) in [5, 5.41) is 12.0. The monoisotopic (exact) mass is 383 g/mol. The number of hydrogen-bond acceptors (Lipinski definition) is 5. The van der Waals surface area contributed by atoms with E-state index in [-0.39, 0.29) is 5.91 Å². The van der Waals surface area contributed by atoms with Crippen molar-refractivity contribution >= 4 is 17.7 Å². The Labute approximate surface area is 163 Å². The molecule has 4 aliphatic rings. The second-order valence-electron chi connectivity index (χ2n) is 8.55. The molecule has 0 radical (unpaired) electrons. The molecule has 5 nitrogen and oxygen atoms in total. The lowest BCUT2D eigenvalue weighted by Crippen LogP contribution is -2.56. The van der Waals surface area contributed by atoms with Crippen LogP contribution in [0.5, 0.6) is 0 Å². The topological polar surface area (TPSA) is 68.0 Å². The first-order valence-electron chi connectivity index (χ1n) is 9.97. The van der Waals surface area contributed by atoms with Gasteiger partial charge >= 0.3 is 0 Å². The van der Waals surface area contributed by atoms with Crippen LogP contribution in [0.4, 0.5) is 0 Å². The lowest BCUT2D eigenvalue weighted by atomic mass is 9.54. The fraction of sp³-hybridized carbons (Fsp3) is 0.571. The highest BCUT2D eigenvalue weighted by atomic mass is 32.2. The van der Waals surface area contributed by atoms with E-state index in [2.05, 4.69) is 15.5 Å². The molecule has 0 atom stereocenters. The first kappa shape index (κ1) is 17.3. The molecule has 4 bridgehead atoms. The number of thioether (sulfide) groups is 1. The number of nitrogens with one attached hydrogen (secondary N) is 1. The molecule has 0 saturated heterocycles. The number of aromatic nitrogens is 2. The summed E-state index contributed by atoms with van der Waals surface area (Å²) in [4.78, 5) is 12.5. The van der Waals surface area contributed by atoms with Crippen molar-refractivity contribution in [2.45, 2.75) is 50.3 Å². The third-order valence-electron chi connectivity index (χ3n) is 6.59. The van der Waals surface area contributed by atoms with Crippen LogP contribution in [-0.2, 0) is 4.79 Å². The molecule has 1 aromatic heterocycles. The predicted octanol–water partition coefficient (Wildman–Crippen LogP) is 4.08. The van der Waals surface area contributed by atoms with Crippen molar-refractivity contribution in [2.75, 3.05) is 5.75 Å². The van der Waals surface area contributed by atoms with Crippen LogP contribution in [0, 0.1) is 30.6 Å². The molecule has 1 heterocycles. The second kappa shape index (κ2) is 6.97. The number of carbonyl (C=O) groups excluding carboxylic acids is 1. The van der Waals surface area contributed by atoms with Crippen LogP contribution in [0.15, 0.2) is 33.9 Å². The maximum Gasteiger partial charge on any atom is 0.277 e. The van der Waals surface area contributed by atoms with Crippen LogP contribution in [0.25, 0.3) is 11.5 Å². The number of nitrogens with zero attached hydrogens (tertiary/aromatic N) is 2. The molecule has 1 amide bonds.